The van der Waals surface area contributed by atoms with Gasteiger partial charge in [0, 0.05) is 34.2 Å². The summed E-state index contributed by atoms with van der Waals surface area (Å²) in [7, 11) is 0. The van der Waals surface area contributed by atoms with E-state index in [-0.39, 0.29) is 6.04 Å². The number of benzene rings is 8. The fourth-order valence-electron chi connectivity index (χ4n) is 9.86. The van der Waals surface area contributed by atoms with Gasteiger partial charge in [-0.15, -0.1) is 0 Å². The van der Waals surface area contributed by atoms with Crippen molar-refractivity contribution < 1.29 is 0 Å². The van der Waals surface area contributed by atoms with Gasteiger partial charge in [-0.25, -0.2) is 9.97 Å². The maximum atomic E-state index is 5.18. The van der Waals surface area contributed by atoms with Crippen molar-refractivity contribution in [3.8, 4) is 11.1 Å². The van der Waals surface area contributed by atoms with Crippen LogP contribution in [0, 0.1) is 0 Å². The van der Waals surface area contributed by atoms with Crippen LogP contribution >= 0.6 is 0 Å². The summed E-state index contributed by atoms with van der Waals surface area (Å²) in [6.45, 7) is 0. The van der Waals surface area contributed by atoms with Gasteiger partial charge in [0.25, 0.3) is 0 Å². The molecular weight excluding hydrogens is 753 g/mol. The fourth-order valence-corrected chi connectivity index (χ4v) is 9.86. The molecule has 2 aliphatic rings. The molecule has 0 amide bonds. The first kappa shape index (κ1) is 35.8. The Balaban J connectivity index is 1.18. The zero-order valence-corrected chi connectivity index (χ0v) is 33.9. The molecule has 62 heavy (non-hydrogen) atoms. The molecule has 2 aromatic heterocycles. The van der Waals surface area contributed by atoms with Crippen molar-refractivity contribution in [3.63, 3.8) is 0 Å². The van der Waals surface area contributed by atoms with E-state index < -0.39 is 0 Å². The highest BCUT2D eigenvalue weighted by molar-refractivity contribution is 6.15. The number of nitrogens with zero attached hydrogens (tertiary/aromatic N) is 4. The Bertz CT molecular complexity index is 3370. The minimum atomic E-state index is -0.173. The first-order valence-electron chi connectivity index (χ1n) is 21.3. The standard InChI is InChI=1S/C58H40N4/c1-4-17-40(18-5-1)50-36-53(61(44-25-8-3-9-26-44)56-35-42-22-10-11-23-43(42)38-60-56)48-32-30-47-51(41-19-6-2-7-20-41)37-54(49-33-31-46(50)57(48)58(47)49)62(55-29-14-15-34-59-55)52-28-16-24-39-21-12-13-27-45(39)52/h1-30,32-38,54H,31H2. The molecule has 0 spiro atoms. The third-order valence-electron chi connectivity index (χ3n) is 12.6. The van der Waals surface area contributed by atoms with Crippen LogP contribution in [0.4, 0.5) is 28.7 Å². The zero-order valence-electron chi connectivity index (χ0n) is 33.9. The van der Waals surface area contributed by atoms with Crippen molar-refractivity contribution in [2.45, 2.75) is 12.5 Å². The van der Waals surface area contributed by atoms with E-state index in [9.17, 15) is 0 Å². The summed E-state index contributed by atoms with van der Waals surface area (Å²) in [5.41, 5.74) is 13.2. The number of para-hydroxylation sites is 1. The monoisotopic (exact) mass is 792 g/mol. The van der Waals surface area contributed by atoms with Gasteiger partial charge in [-0.05, 0) is 116 Å². The van der Waals surface area contributed by atoms with E-state index in [1.807, 2.05) is 18.5 Å². The molecule has 8 aromatic carbocycles. The number of aromatic nitrogens is 2. The van der Waals surface area contributed by atoms with Crippen LogP contribution in [0.3, 0.4) is 0 Å². The molecule has 2 heterocycles. The maximum absolute atomic E-state index is 5.18. The first-order chi connectivity index (χ1) is 30.8. The third kappa shape index (κ3) is 5.91. The molecule has 1 unspecified atom stereocenters. The van der Waals surface area contributed by atoms with Gasteiger partial charge < -0.3 is 4.90 Å². The van der Waals surface area contributed by atoms with Crippen LogP contribution in [-0.2, 0) is 6.42 Å². The van der Waals surface area contributed by atoms with Crippen LogP contribution in [0.5, 0.6) is 0 Å². The summed E-state index contributed by atoms with van der Waals surface area (Å²) < 4.78 is 0. The van der Waals surface area contributed by atoms with Gasteiger partial charge in [-0.2, -0.15) is 0 Å². The van der Waals surface area contributed by atoms with Gasteiger partial charge in [0.2, 0.25) is 0 Å². The summed E-state index contributed by atoms with van der Waals surface area (Å²) in [6.07, 6.45) is 9.67. The Morgan fingerprint density at radius 1 is 0.484 bits per heavy atom. The van der Waals surface area contributed by atoms with Gasteiger partial charge in [0.15, 0.2) is 0 Å². The number of rotatable bonds is 8. The van der Waals surface area contributed by atoms with Crippen molar-refractivity contribution in [1.82, 2.24) is 9.97 Å². The summed E-state index contributed by atoms with van der Waals surface area (Å²) in [6, 6.07) is 71.7. The van der Waals surface area contributed by atoms with Gasteiger partial charge in [0.1, 0.15) is 11.6 Å². The maximum Gasteiger partial charge on any atom is 0.138 e. The molecule has 0 radical (unpaired) electrons. The summed E-state index contributed by atoms with van der Waals surface area (Å²) >= 11 is 0. The van der Waals surface area contributed by atoms with Gasteiger partial charge in [0.05, 0.1) is 17.4 Å². The van der Waals surface area contributed by atoms with Crippen molar-refractivity contribution in [3.05, 3.63) is 247 Å². The quantitative estimate of drug-likeness (QED) is 0.153. The van der Waals surface area contributed by atoms with Crippen LogP contribution in [0.1, 0.15) is 22.3 Å². The highest BCUT2D eigenvalue weighted by Gasteiger charge is 2.36. The SMILES string of the molecule is C1=C(c2ccccc2)c2ccc3c(N(c4ccccc4)c4cc5ccccc5cn4)cc(-c4ccccc4)c4c3c2C(=CC4)C1N(c1ccccn1)c1cccc2ccccc12. The van der Waals surface area contributed by atoms with Crippen LogP contribution in [0.25, 0.3) is 54.6 Å². The molecule has 4 heteroatoms. The topological polar surface area (TPSA) is 32.3 Å². The minimum absolute atomic E-state index is 0.173. The Hall–Kier alpha value is -8.08. The van der Waals surface area contributed by atoms with Crippen molar-refractivity contribution in [2.24, 2.45) is 0 Å². The van der Waals surface area contributed by atoms with Gasteiger partial charge >= 0.3 is 0 Å². The first-order valence-corrected chi connectivity index (χ1v) is 21.3. The summed E-state index contributed by atoms with van der Waals surface area (Å²) in [5, 5.41) is 7.11. The Kier molecular flexibility index (Phi) is 8.60. The average molecular weight is 793 g/mol. The molecule has 12 rings (SSSR count). The van der Waals surface area contributed by atoms with E-state index >= 15 is 0 Å². The Morgan fingerprint density at radius 2 is 1.18 bits per heavy atom. The van der Waals surface area contributed by atoms with Crippen LogP contribution in [-0.4, -0.2) is 16.0 Å². The van der Waals surface area contributed by atoms with Crippen molar-refractivity contribution in [2.75, 3.05) is 9.80 Å². The van der Waals surface area contributed by atoms with E-state index in [1.165, 1.54) is 66.1 Å². The van der Waals surface area contributed by atoms with E-state index in [4.69, 9.17) is 9.97 Å². The molecule has 2 aliphatic carbocycles. The number of hydrogen-bond acceptors (Lipinski definition) is 4. The smallest absolute Gasteiger partial charge is 0.138 e. The predicted molar refractivity (Wildman–Crippen MR) is 259 cm³/mol. The Morgan fingerprint density at radius 3 is 1.97 bits per heavy atom. The van der Waals surface area contributed by atoms with E-state index in [0.717, 1.165) is 45.9 Å². The average Bonchev–Trinajstić information content (AvgIpc) is 3.35. The molecule has 0 aliphatic heterocycles. The molecule has 292 valence electrons. The largest absolute Gasteiger partial charge is 0.315 e. The summed E-state index contributed by atoms with van der Waals surface area (Å²) in [4.78, 5) is 15.1. The lowest BCUT2D eigenvalue weighted by molar-refractivity contribution is 0.927. The van der Waals surface area contributed by atoms with Crippen LogP contribution in [0.15, 0.2) is 225 Å². The number of allylic oxidation sites excluding steroid dienone is 1. The third-order valence-corrected chi connectivity index (χ3v) is 12.6. The molecule has 10 aromatic rings. The number of hydrogen-bond donors (Lipinski definition) is 0. The number of fused-ring (bicyclic) bond motifs is 2. The molecule has 0 saturated carbocycles. The second kappa shape index (κ2) is 14.9. The zero-order chi connectivity index (χ0) is 41.0. The lowest BCUT2D eigenvalue weighted by atomic mass is 9.73. The summed E-state index contributed by atoms with van der Waals surface area (Å²) in [5.74, 6) is 1.77. The van der Waals surface area contributed by atoms with E-state index in [2.05, 4.69) is 216 Å². The highest BCUT2D eigenvalue weighted by Crippen LogP contribution is 2.53. The van der Waals surface area contributed by atoms with E-state index in [1.54, 1.807) is 0 Å². The Labute approximate surface area is 361 Å². The normalized spacial score (nSPS) is 14.1. The van der Waals surface area contributed by atoms with Crippen LogP contribution in [0.2, 0.25) is 0 Å². The molecule has 0 fully saturated rings. The molecule has 0 saturated heterocycles. The van der Waals surface area contributed by atoms with Crippen molar-refractivity contribution >= 4 is 72.2 Å². The molecule has 1 atom stereocenters. The van der Waals surface area contributed by atoms with Crippen LogP contribution < -0.4 is 9.80 Å². The molecule has 4 nitrogen and oxygen atoms in total. The van der Waals surface area contributed by atoms with Crippen molar-refractivity contribution in [1.29, 1.82) is 0 Å². The van der Waals surface area contributed by atoms with E-state index in [0.29, 0.717) is 0 Å². The van der Waals surface area contributed by atoms with Gasteiger partial charge in [-0.3, -0.25) is 4.90 Å². The fraction of sp³-hybridized carbons (Fsp3) is 0.0345. The molecule has 0 N–H and O–H groups in total. The second-order valence-corrected chi connectivity index (χ2v) is 16.1. The lowest BCUT2D eigenvalue weighted by Gasteiger charge is -2.40. The lowest BCUT2D eigenvalue weighted by Crippen LogP contribution is -2.34. The molecule has 0 bridgehead atoms. The minimum Gasteiger partial charge on any atom is -0.315 e. The molecular formula is C58H40N4. The van der Waals surface area contributed by atoms with Gasteiger partial charge in [-0.1, -0.05) is 164 Å². The second-order valence-electron chi connectivity index (χ2n) is 16.1. The predicted octanol–water partition coefficient (Wildman–Crippen LogP) is 14.7. The number of anilines is 5. The number of pyridine rings is 2. The highest BCUT2D eigenvalue weighted by atomic mass is 15.2.